The van der Waals surface area contributed by atoms with Crippen LogP contribution in [-0.4, -0.2) is 47.7 Å². The predicted octanol–water partition coefficient (Wildman–Crippen LogP) is 4.84. The van der Waals surface area contributed by atoms with Crippen LogP contribution in [0.4, 0.5) is 0 Å². The first-order chi connectivity index (χ1) is 16.0. The number of ether oxygens (including phenoxy) is 2. The van der Waals surface area contributed by atoms with Crippen molar-refractivity contribution in [3.63, 3.8) is 0 Å². The summed E-state index contributed by atoms with van der Waals surface area (Å²) in [6, 6.07) is 16.0. The van der Waals surface area contributed by atoms with E-state index in [1.165, 1.54) is 11.1 Å². The van der Waals surface area contributed by atoms with Gasteiger partial charge < -0.3 is 24.3 Å². The molecule has 1 N–H and O–H groups in total. The van der Waals surface area contributed by atoms with Crippen molar-refractivity contribution in [3.8, 4) is 5.75 Å². The summed E-state index contributed by atoms with van der Waals surface area (Å²) < 4.78 is 11.7. The molecule has 0 fully saturated rings. The Balaban J connectivity index is 1.41. The molecule has 0 radical (unpaired) electrons. The third-order valence-corrected chi connectivity index (χ3v) is 5.57. The van der Waals surface area contributed by atoms with E-state index in [9.17, 15) is 4.79 Å². The van der Waals surface area contributed by atoms with Crippen molar-refractivity contribution in [2.75, 3.05) is 20.6 Å². The molecule has 1 atom stereocenters. The summed E-state index contributed by atoms with van der Waals surface area (Å²) in [5, 5.41) is 1.04. The monoisotopic (exact) mass is 445 g/mol. The molecule has 1 aromatic heterocycles. The molecule has 0 saturated heterocycles. The number of nitrogens with one attached hydrogen (secondary N) is 1. The molecule has 4 rings (SSSR count). The van der Waals surface area contributed by atoms with Crippen LogP contribution in [-0.2, 0) is 22.5 Å². The van der Waals surface area contributed by atoms with E-state index in [1.807, 2.05) is 66.0 Å². The number of allylic oxidation sites excluding steroid dienone is 1. The molecule has 6 nitrogen and oxygen atoms in total. The molecule has 0 aliphatic carbocycles. The lowest BCUT2D eigenvalue weighted by Crippen LogP contribution is -2.24. The molecule has 3 aromatic rings. The molecular weight excluding hydrogens is 414 g/mol. The molecule has 172 valence electrons. The molecule has 0 bridgehead atoms. The molecule has 1 unspecified atom stereocenters. The van der Waals surface area contributed by atoms with Gasteiger partial charge in [0.15, 0.2) is 0 Å². The number of likely N-dealkylation sites (N-methyl/N-ethyl adjacent to an activating group) is 1. The van der Waals surface area contributed by atoms with Gasteiger partial charge >= 0.3 is 5.97 Å². The smallest absolute Gasteiger partial charge is 0.338 e. The van der Waals surface area contributed by atoms with Crippen LogP contribution in [0, 0.1) is 0 Å². The summed E-state index contributed by atoms with van der Waals surface area (Å²) in [5.74, 6) is 0.352. The Labute approximate surface area is 195 Å². The third-order valence-electron chi connectivity index (χ3n) is 5.57. The maximum atomic E-state index is 12.8. The summed E-state index contributed by atoms with van der Waals surface area (Å²) in [6.45, 7) is 3.39. The SMILES string of the molecule is CC(OC(=O)C1=CN(Cc2ccccc2)C=CC1)Oc1cccc2[nH]cc(CCN(C)C)c12. The minimum absolute atomic E-state index is 0.362. The summed E-state index contributed by atoms with van der Waals surface area (Å²) in [4.78, 5) is 20.3. The topological polar surface area (TPSA) is 57.8 Å². The Morgan fingerprint density at radius 3 is 2.76 bits per heavy atom. The number of hydrogen-bond acceptors (Lipinski definition) is 5. The highest BCUT2D eigenvalue weighted by atomic mass is 16.7. The summed E-state index contributed by atoms with van der Waals surface area (Å²) in [6.07, 6.45) is 8.58. The molecule has 33 heavy (non-hydrogen) atoms. The van der Waals surface area contributed by atoms with Gasteiger partial charge in [-0.05, 0) is 43.8 Å². The van der Waals surface area contributed by atoms with E-state index in [4.69, 9.17) is 9.47 Å². The van der Waals surface area contributed by atoms with Crippen LogP contribution in [0.3, 0.4) is 0 Å². The number of benzene rings is 2. The Morgan fingerprint density at radius 1 is 1.15 bits per heavy atom. The maximum absolute atomic E-state index is 12.8. The number of H-pyrrole nitrogens is 1. The van der Waals surface area contributed by atoms with E-state index in [2.05, 4.69) is 36.1 Å². The summed E-state index contributed by atoms with van der Waals surface area (Å²) >= 11 is 0. The number of esters is 1. The highest BCUT2D eigenvalue weighted by Gasteiger charge is 2.19. The van der Waals surface area contributed by atoms with Crippen molar-refractivity contribution in [2.45, 2.75) is 32.6 Å². The average molecular weight is 446 g/mol. The lowest BCUT2D eigenvalue weighted by Gasteiger charge is -2.22. The van der Waals surface area contributed by atoms with Gasteiger partial charge in [-0.2, -0.15) is 0 Å². The van der Waals surface area contributed by atoms with Crippen LogP contribution < -0.4 is 4.74 Å². The van der Waals surface area contributed by atoms with Crippen molar-refractivity contribution < 1.29 is 14.3 Å². The zero-order valence-electron chi connectivity index (χ0n) is 19.5. The van der Waals surface area contributed by atoms with Crippen LogP contribution in [0.2, 0.25) is 0 Å². The van der Waals surface area contributed by atoms with E-state index in [1.54, 1.807) is 6.92 Å². The minimum Gasteiger partial charge on any atom is -0.454 e. The van der Waals surface area contributed by atoms with Gasteiger partial charge in [0.2, 0.25) is 6.29 Å². The lowest BCUT2D eigenvalue weighted by atomic mass is 10.1. The largest absolute Gasteiger partial charge is 0.454 e. The highest BCUT2D eigenvalue weighted by Crippen LogP contribution is 2.30. The Bertz CT molecular complexity index is 1150. The quantitative estimate of drug-likeness (QED) is 0.377. The van der Waals surface area contributed by atoms with Crippen molar-refractivity contribution in [2.24, 2.45) is 0 Å². The van der Waals surface area contributed by atoms with E-state index in [0.29, 0.717) is 24.3 Å². The first-order valence-corrected chi connectivity index (χ1v) is 11.3. The van der Waals surface area contributed by atoms with Gasteiger partial charge in [0, 0.05) is 55.9 Å². The fraction of sp³-hybridized carbons (Fsp3) is 0.296. The highest BCUT2D eigenvalue weighted by molar-refractivity contribution is 5.90. The fourth-order valence-corrected chi connectivity index (χ4v) is 3.93. The molecule has 6 heteroatoms. The van der Waals surface area contributed by atoms with Crippen molar-refractivity contribution in [1.29, 1.82) is 0 Å². The van der Waals surface area contributed by atoms with Crippen LogP contribution in [0.15, 0.2) is 78.8 Å². The normalized spacial score (nSPS) is 14.4. The van der Waals surface area contributed by atoms with Gasteiger partial charge in [-0.15, -0.1) is 0 Å². The zero-order chi connectivity index (χ0) is 23.2. The van der Waals surface area contributed by atoms with Crippen LogP contribution in [0.1, 0.15) is 24.5 Å². The number of carbonyl (C=O) groups is 1. The number of nitrogens with zero attached hydrogens (tertiary/aromatic N) is 2. The maximum Gasteiger partial charge on any atom is 0.338 e. The zero-order valence-corrected chi connectivity index (χ0v) is 19.5. The number of fused-ring (bicyclic) bond motifs is 1. The number of carbonyl (C=O) groups excluding carboxylic acids is 1. The van der Waals surface area contributed by atoms with Crippen molar-refractivity contribution in [3.05, 3.63) is 89.9 Å². The minimum atomic E-state index is -0.714. The van der Waals surface area contributed by atoms with Crippen LogP contribution in [0.25, 0.3) is 10.9 Å². The third kappa shape index (κ3) is 5.84. The molecule has 0 spiro atoms. The van der Waals surface area contributed by atoms with E-state index in [0.717, 1.165) is 23.9 Å². The van der Waals surface area contributed by atoms with Gasteiger partial charge in [0.1, 0.15) is 5.75 Å². The Morgan fingerprint density at radius 2 is 1.97 bits per heavy atom. The number of hydrogen-bond donors (Lipinski definition) is 1. The van der Waals surface area contributed by atoms with Gasteiger partial charge in [-0.1, -0.05) is 42.5 Å². The number of rotatable bonds is 9. The molecule has 0 amide bonds. The molecule has 1 aliphatic rings. The predicted molar refractivity (Wildman–Crippen MR) is 131 cm³/mol. The molecule has 2 aromatic carbocycles. The molecular formula is C27H31N3O3. The second kappa shape index (κ2) is 10.4. The summed E-state index contributed by atoms with van der Waals surface area (Å²) in [5.41, 5.74) is 3.98. The van der Waals surface area contributed by atoms with Gasteiger partial charge in [0.25, 0.3) is 0 Å². The number of aromatic nitrogens is 1. The number of aromatic amines is 1. The van der Waals surface area contributed by atoms with Gasteiger partial charge in [-0.25, -0.2) is 4.79 Å². The van der Waals surface area contributed by atoms with Gasteiger partial charge in [-0.3, -0.25) is 0 Å². The van der Waals surface area contributed by atoms with Crippen LogP contribution in [0.5, 0.6) is 5.75 Å². The van der Waals surface area contributed by atoms with Crippen molar-refractivity contribution in [1.82, 2.24) is 14.8 Å². The summed E-state index contributed by atoms with van der Waals surface area (Å²) in [7, 11) is 4.12. The van der Waals surface area contributed by atoms with Crippen molar-refractivity contribution >= 4 is 16.9 Å². The fourth-order valence-electron chi connectivity index (χ4n) is 3.93. The lowest BCUT2D eigenvalue weighted by molar-refractivity contribution is -0.156. The Kier molecular flexibility index (Phi) is 7.15. The average Bonchev–Trinajstić information content (AvgIpc) is 3.23. The van der Waals surface area contributed by atoms with E-state index < -0.39 is 6.29 Å². The standard InChI is InChI=1S/C27H31N3O3/c1-20(32-25-13-7-12-24-26(25)22(17-28-24)14-16-29(2)3)33-27(31)23-11-8-15-30(19-23)18-21-9-5-4-6-10-21/h4-10,12-13,15,17,19-20,28H,11,14,16,18H2,1-3H3. The molecule has 2 heterocycles. The first-order valence-electron chi connectivity index (χ1n) is 11.3. The Hall–Kier alpha value is -3.51. The second-order valence-electron chi connectivity index (χ2n) is 8.54. The second-order valence-corrected chi connectivity index (χ2v) is 8.54. The van der Waals surface area contributed by atoms with E-state index >= 15 is 0 Å². The molecule has 0 saturated carbocycles. The molecule has 1 aliphatic heterocycles. The van der Waals surface area contributed by atoms with E-state index in [-0.39, 0.29) is 5.97 Å². The van der Waals surface area contributed by atoms with Crippen LogP contribution >= 0.6 is 0 Å². The van der Waals surface area contributed by atoms with Gasteiger partial charge in [0.05, 0.1) is 5.57 Å². The first kappa shape index (κ1) is 22.7.